The number of aromatic nitrogens is 2. The van der Waals surface area contributed by atoms with Crippen LogP contribution in [0.3, 0.4) is 0 Å². The number of rotatable bonds is 2. The van der Waals surface area contributed by atoms with Gasteiger partial charge in [-0.25, -0.2) is 0 Å². The second-order valence-electron chi connectivity index (χ2n) is 1.96. The molecule has 1 aromatic rings. The summed E-state index contributed by atoms with van der Waals surface area (Å²) in [7, 11) is 0. The standard InChI is InChI=1S/C6H8N2OS/c1-3-5(9)6-4(2)7-8-10-6/h3H2,1-2H3. The maximum Gasteiger partial charge on any atom is 0.176 e. The summed E-state index contributed by atoms with van der Waals surface area (Å²) in [6.07, 6.45) is 0.532. The zero-order chi connectivity index (χ0) is 7.56. The Balaban J connectivity index is 2.93. The summed E-state index contributed by atoms with van der Waals surface area (Å²) in [4.78, 5) is 11.7. The van der Waals surface area contributed by atoms with Gasteiger partial charge in [0.25, 0.3) is 0 Å². The van der Waals surface area contributed by atoms with Gasteiger partial charge in [-0.3, -0.25) is 4.79 Å². The van der Waals surface area contributed by atoms with E-state index in [1.54, 1.807) is 6.92 Å². The Labute approximate surface area is 63.2 Å². The van der Waals surface area contributed by atoms with Gasteiger partial charge in [-0.2, -0.15) is 0 Å². The van der Waals surface area contributed by atoms with Crippen molar-refractivity contribution in [2.45, 2.75) is 20.3 Å². The largest absolute Gasteiger partial charge is 0.293 e. The number of carbonyl (C=O) groups excluding carboxylic acids is 1. The molecule has 0 aliphatic heterocycles. The van der Waals surface area contributed by atoms with Gasteiger partial charge in [0.05, 0.1) is 5.69 Å². The van der Waals surface area contributed by atoms with Gasteiger partial charge in [-0.1, -0.05) is 11.4 Å². The average molecular weight is 156 g/mol. The van der Waals surface area contributed by atoms with Crippen LogP contribution in [0.5, 0.6) is 0 Å². The highest BCUT2D eigenvalue weighted by molar-refractivity contribution is 7.08. The Bertz CT molecular complexity index is 244. The molecule has 1 aromatic heterocycles. The van der Waals surface area contributed by atoms with E-state index < -0.39 is 0 Å². The van der Waals surface area contributed by atoms with Crippen LogP contribution in [-0.4, -0.2) is 15.4 Å². The summed E-state index contributed by atoms with van der Waals surface area (Å²) in [5.74, 6) is 0.132. The summed E-state index contributed by atoms with van der Waals surface area (Å²) in [6, 6.07) is 0. The molecule has 0 unspecified atom stereocenters. The molecule has 0 atom stereocenters. The van der Waals surface area contributed by atoms with Gasteiger partial charge in [-0.15, -0.1) is 5.10 Å². The molecular formula is C6H8N2OS. The van der Waals surface area contributed by atoms with Gasteiger partial charge in [0, 0.05) is 6.42 Å². The maximum atomic E-state index is 11.0. The zero-order valence-electron chi connectivity index (χ0n) is 5.92. The van der Waals surface area contributed by atoms with Crippen molar-refractivity contribution in [3.05, 3.63) is 10.6 Å². The van der Waals surface area contributed by atoms with Crippen LogP contribution in [0, 0.1) is 6.92 Å². The number of carbonyl (C=O) groups is 1. The first-order valence-corrected chi connectivity index (χ1v) is 3.85. The highest BCUT2D eigenvalue weighted by Crippen LogP contribution is 2.10. The summed E-state index contributed by atoms with van der Waals surface area (Å²) in [5.41, 5.74) is 0.747. The number of hydrogen-bond donors (Lipinski definition) is 0. The first kappa shape index (κ1) is 7.34. The van der Waals surface area contributed by atoms with Crippen molar-refractivity contribution < 1.29 is 4.79 Å². The van der Waals surface area contributed by atoms with E-state index in [0.29, 0.717) is 11.3 Å². The van der Waals surface area contributed by atoms with Crippen LogP contribution in [0.1, 0.15) is 28.7 Å². The lowest BCUT2D eigenvalue weighted by atomic mass is 10.2. The van der Waals surface area contributed by atoms with Gasteiger partial charge in [0.15, 0.2) is 5.78 Å². The van der Waals surface area contributed by atoms with E-state index in [1.165, 1.54) is 11.5 Å². The number of ketones is 1. The van der Waals surface area contributed by atoms with E-state index in [2.05, 4.69) is 9.59 Å². The molecule has 4 heteroatoms. The van der Waals surface area contributed by atoms with Crippen molar-refractivity contribution in [1.29, 1.82) is 0 Å². The Morgan fingerprint density at radius 3 is 2.80 bits per heavy atom. The summed E-state index contributed by atoms with van der Waals surface area (Å²) >= 11 is 1.17. The minimum atomic E-state index is 0.132. The smallest absolute Gasteiger partial charge is 0.176 e. The third-order valence-corrected chi connectivity index (χ3v) is 2.09. The fourth-order valence-electron chi connectivity index (χ4n) is 0.647. The molecule has 0 aliphatic carbocycles. The molecule has 0 fully saturated rings. The van der Waals surface area contributed by atoms with E-state index in [1.807, 2.05) is 6.92 Å². The molecule has 0 N–H and O–H groups in total. The van der Waals surface area contributed by atoms with Crippen LogP contribution in [-0.2, 0) is 0 Å². The topological polar surface area (TPSA) is 42.9 Å². The van der Waals surface area contributed by atoms with Gasteiger partial charge < -0.3 is 0 Å². The summed E-state index contributed by atoms with van der Waals surface area (Å²) in [5, 5.41) is 3.73. The van der Waals surface area contributed by atoms with E-state index >= 15 is 0 Å². The zero-order valence-corrected chi connectivity index (χ0v) is 6.73. The first-order valence-electron chi connectivity index (χ1n) is 3.08. The number of hydrogen-bond acceptors (Lipinski definition) is 4. The van der Waals surface area contributed by atoms with Crippen LogP contribution in [0.15, 0.2) is 0 Å². The van der Waals surface area contributed by atoms with Crippen molar-refractivity contribution in [3.63, 3.8) is 0 Å². The second-order valence-corrected chi connectivity index (χ2v) is 2.72. The molecule has 0 amide bonds. The fourth-order valence-corrected chi connectivity index (χ4v) is 1.31. The van der Waals surface area contributed by atoms with Crippen LogP contribution in [0.2, 0.25) is 0 Å². The Kier molecular flexibility index (Phi) is 2.11. The molecule has 1 rings (SSSR count). The first-order chi connectivity index (χ1) is 4.75. The normalized spacial score (nSPS) is 9.80. The molecule has 0 aromatic carbocycles. The molecule has 0 aliphatic rings. The maximum absolute atomic E-state index is 11.0. The van der Waals surface area contributed by atoms with Crippen LogP contribution in [0.4, 0.5) is 0 Å². The number of Topliss-reactive ketones (excluding diaryl/α,β-unsaturated/α-hetero) is 1. The van der Waals surface area contributed by atoms with Crippen molar-refractivity contribution in [1.82, 2.24) is 9.59 Å². The third-order valence-electron chi connectivity index (χ3n) is 1.23. The Morgan fingerprint density at radius 1 is 1.70 bits per heavy atom. The van der Waals surface area contributed by atoms with Gasteiger partial charge in [0.2, 0.25) is 0 Å². The molecule has 10 heavy (non-hydrogen) atoms. The van der Waals surface area contributed by atoms with E-state index in [4.69, 9.17) is 0 Å². The molecule has 0 radical (unpaired) electrons. The highest BCUT2D eigenvalue weighted by atomic mass is 32.1. The lowest BCUT2D eigenvalue weighted by Gasteiger charge is -1.88. The molecule has 3 nitrogen and oxygen atoms in total. The highest BCUT2D eigenvalue weighted by Gasteiger charge is 2.09. The minimum Gasteiger partial charge on any atom is -0.293 e. The lowest BCUT2D eigenvalue weighted by molar-refractivity contribution is 0.0991. The molecule has 0 saturated carbocycles. The molecule has 0 spiro atoms. The SMILES string of the molecule is CCC(=O)c1snnc1C. The van der Waals surface area contributed by atoms with Gasteiger partial charge in [0.1, 0.15) is 4.88 Å². The Hall–Kier alpha value is -0.770. The third kappa shape index (κ3) is 1.21. The molecule has 54 valence electrons. The van der Waals surface area contributed by atoms with Crippen LogP contribution < -0.4 is 0 Å². The predicted molar refractivity (Wildman–Crippen MR) is 39.3 cm³/mol. The van der Waals surface area contributed by atoms with E-state index in [0.717, 1.165) is 5.69 Å². The monoisotopic (exact) mass is 156 g/mol. The van der Waals surface area contributed by atoms with Gasteiger partial charge in [-0.05, 0) is 18.5 Å². The van der Waals surface area contributed by atoms with Crippen molar-refractivity contribution in [2.75, 3.05) is 0 Å². The van der Waals surface area contributed by atoms with Crippen LogP contribution in [0.25, 0.3) is 0 Å². The fraction of sp³-hybridized carbons (Fsp3) is 0.500. The molecule has 1 heterocycles. The minimum absolute atomic E-state index is 0.132. The second kappa shape index (κ2) is 2.88. The van der Waals surface area contributed by atoms with Crippen molar-refractivity contribution in [3.8, 4) is 0 Å². The number of nitrogens with zero attached hydrogens (tertiary/aromatic N) is 2. The van der Waals surface area contributed by atoms with Crippen molar-refractivity contribution in [2.24, 2.45) is 0 Å². The Morgan fingerprint density at radius 2 is 2.40 bits per heavy atom. The van der Waals surface area contributed by atoms with E-state index in [9.17, 15) is 4.79 Å². The summed E-state index contributed by atoms with van der Waals surface area (Å²) in [6.45, 7) is 3.63. The average Bonchev–Trinajstić information content (AvgIpc) is 2.34. The molecule has 0 saturated heterocycles. The number of aryl methyl sites for hydroxylation is 1. The molecular weight excluding hydrogens is 148 g/mol. The van der Waals surface area contributed by atoms with Crippen LogP contribution >= 0.6 is 11.5 Å². The van der Waals surface area contributed by atoms with E-state index in [-0.39, 0.29) is 5.78 Å². The summed E-state index contributed by atoms with van der Waals surface area (Å²) < 4.78 is 3.66. The quantitative estimate of drug-likeness (QED) is 0.608. The van der Waals surface area contributed by atoms with Gasteiger partial charge >= 0.3 is 0 Å². The lowest BCUT2D eigenvalue weighted by Crippen LogP contribution is -1.94. The van der Waals surface area contributed by atoms with Crippen molar-refractivity contribution >= 4 is 17.3 Å². The molecule has 0 bridgehead atoms. The predicted octanol–water partition coefficient (Wildman–Crippen LogP) is 1.44.